The summed E-state index contributed by atoms with van der Waals surface area (Å²) < 4.78 is 0. The van der Waals surface area contributed by atoms with E-state index >= 15 is 0 Å². The Morgan fingerprint density at radius 1 is 1.16 bits per heavy atom. The summed E-state index contributed by atoms with van der Waals surface area (Å²) in [5.74, 6) is -1.12. The second kappa shape index (κ2) is 10.6. The molecule has 6 nitrogen and oxygen atoms in total. The summed E-state index contributed by atoms with van der Waals surface area (Å²) in [4.78, 5) is 24.6. The third-order valence-corrected chi connectivity index (χ3v) is 2.86. The van der Waals surface area contributed by atoms with Gasteiger partial charge >= 0.3 is 12.0 Å². The largest absolute Gasteiger partial charge is 0.480 e. The van der Waals surface area contributed by atoms with E-state index in [0.717, 1.165) is 25.7 Å². The van der Waals surface area contributed by atoms with Gasteiger partial charge in [-0.05, 0) is 12.8 Å². The number of carbonyl (C=O) groups is 2. The molecule has 0 spiro atoms. The molecule has 0 saturated heterocycles. The summed E-state index contributed by atoms with van der Waals surface area (Å²) in [6.45, 7) is 5.09. The van der Waals surface area contributed by atoms with Crippen LogP contribution in [0, 0.1) is 0 Å². The number of hydrogen-bond donors (Lipinski definition) is 3. The fourth-order valence-corrected chi connectivity index (χ4v) is 1.64. The van der Waals surface area contributed by atoms with Crippen LogP contribution in [0.5, 0.6) is 0 Å². The number of carbonyl (C=O) groups excluding carboxylic acids is 1. The number of nitrogens with one attached hydrogen (secondary N) is 1. The van der Waals surface area contributed by atoms with E-state index in [1.54, 1.807) is 4.90 Å². The summed E-state index contributed by atoms with van der Waals surface area (Å²) in [5, 5.41) is 20.2. The zero-order valence-electron chi connectivity index (χ0n) is 11.9. The predicted molar refractivity (Wildman–Crippen MR) is 73.0 cm³/mol. The van der Waals surface area contributed by atoms with E-state index in [4.69, 9.17) is 10.2 Å². The molecular formula is C13H26N2O4. The average molecular weight is 274 g/mol. The maximum Gasteiger partial charge on any atom is 0.326 e. The maximum absolute atomic E-state index is 12.0. The van der Waals surface area contributed by atoms with Crippen molar-refractivity contribution in [3.8, 4) is 0 Å². The Balaban J connectivity index is 4.44. The number of hydrogen-bond acceptors (Lipinski definition) is 3. The fraction of sp³-hybridized carbons (Fsp3) is 0.846. The lowest BCUT2D eigenvalue weighted by Crippen LogP contribution is -2.48. The number of urea groups is 1. The Labute approximate surface area is 114 Å². The predicted octanol–water partition coefficient (Wildman–Crippen LogP) is 1.43. The zero-order valence-corrected chi connectivity index (χ0v) is 11.9. The molecule has 0 bridgehead atoms. The number of aliphatic hydroxyl groups is 1. The minimum atomic E-state index is -1.12. The molecule has 0 aliphatic heterocycles. The molecule has 0 aliphatic rings. The first-order valence-corrected chi connectivity index (χ1v) is 6.95. The van der Waals surface area contributed by atoms with Crippen molar-refractivity contribution in [1.82, 2.24) is 10.2 Å². The van der Waals surface area contributed by atoms with Gasteiger partial charge in [0, 0.05) is 26.1 Å². The van der Waals surface area contributed by atoms with Crippen molar-refractivity contribution < 1.29 is 19.8 Å². The Morgan fingerprint density at radius 2 is 1.68 bits per heavy atom. The third-order valence-electron chi connectivity index (χ3n) is 2.86. The summed E-state index contributed by atoms with van der Waals surface area (Å²) in [7, 11) is 0. The SMILES string of the molecule is CCCCN(CCCC)C(=O)NC(CCO)C(=O)O. The van der Waals surface area contributed by atoms with Gasteiger partial charge in [0.05, 0.1) is 0 Å². The highest BCUT2D eigenvalue weighted by Crippen LogP contribution is 2.02. The number of nitrogens with zero attached hydrogens (tertiary/aromatic N) is 1. The van der Waals surface area contributed by atoms with Gasteiger partial charge in [-0.25, -0.2) is 9.59 Å². The van der Waals surface area contributed by atoms with Crippen LogP contribution < -0.4 is 5.32 Å². The minimum Gasteiger partial charge on any atom is -0.480 e. The van der Waals surface area contributed by atoms with E-state index in [1.807, 2.05) is 13.8 Å². The molecule has 0 radical (unpaired) electrons. The summed E-state index contributed by atoms with van der Waals surface area (Å²) in [6, 6.07) is -1.38. The smallest absolute Gasteiger partial charge is 0.326 e. The van der Waals surface area contributed by atoms with Crippen molar-refractivity contribution >= 4 is 12.0 Å². The molecule has 0 fully saturated rings. The van der Waals surface area contributed by atoms with E-state index < -0.39 is 12.0 Å². The van der Waals surface area contributed by atoms with Crippen molar-refractivity contribution in [2.24, 2.45) is 0 Å². The highest BCUT2D eigenvalue weighted by Gasteiger charge is 2.22. The highest BCUT2D eigenvalue weighted by atomic mass is 16.4. The van der Waals surface area contributed by atoms with Crippen LogP contribution in [0.25, 0.3) is 0 Å². The minimum absolute atomic E-state index is 0.0243. The lowest BCUT2D eigenvalue weighted by atomic mass is 10.2. The Hall–Kier alpha value is -1.30. The Kier molecular flexibility index (Phi) is 9.88. The van der Waals surface area contributed by atoms with Crippen LogP contribution in [0.2, 0.25) is 0 Å². The summed E-state index contributed by atoms with van der Waals surface area (Å²) in [5.41, 5.74) is 0. The summed E-state index contributed by atoms with van der Waals surface area (Å²) in [6.07, 6.45) is 3.78. The van der Waals surface area contributed by atoms with Crippen LogP contribution in [0.4, 0.5) is 4.79 Å². The van der Waals surface area contributed by atoms with Crippen molar-refractivity contribution in [1.29, 1.82) is 0 Å². The van der Waals surface area contributed by atoms with Gasteiger partial charge in [0.1, 0.15) is 6.04 Å². The summed E-state index contributed by atoms with van der Waals surface area (Å²) >= 11 is 0. The van der Waals surface area contributed by atoms with Gasteiger partial charge in [0.2, 0.25) is 0 Å². The molecule has 0 aromatic carbocycles. The standard InChI is InChI=1S/C13H26N2O4/c1-3-5-8-15(9-6-4-2)13(19)14-11(7-10-16)12(17)18/h11,16H,3-10H2,1-2H3,(H,14,19)(H,17,18). The number of carboxylic acids is 1. The number of amides is 2. The molecule has 1 unspecified atom stereocenters. The van der Waals surface area contributed by atoms with Crippen molar-refractivity contribution in [2.45, 2.75) is 52.0 Å². The zero-order chi connectivity index (χ0) is 14.7. The van der Waals surface area contributed by atoms with Crippen LogP contribution >= 0.6 is 0 Å². The van der Waals surface area contributed by atoms with E-state index in [-0.39, 0.29) is 19.1 Å². The molecule has 19 heavy (non-hydrogen) atoms. The molecule has 0 heterocycles. The third kappa shape index (κ3) is 7.66. The van der Waals surface area contributed by atoms with Gasteiger partial charge in [-0.3, -0.25) is 0 Å². The number of aliphatic hydroxyl groups excluding tert-OH is 1. The number of rotatable bonds is 10. The van der Waals surface area contributed by atoms with Gasteiger partial charge in [-0.1, -0.05) is 26.7 Å². The van der Waals surface area contributed by atoms with Gasteiger partial charge < -0.3 is 20.4 Å². The monoisotopic (exact) mass is 274 g/mol. The lowest BCUT2D eigenvalue weighted by Gasteiger charge is -2.24. The van der Waals surface area contributed by atoms with Gasteiger partial charge in [0.25, 0.3) is 0 Å². The van der Waals surface area contributed by atoms with Gasteiger partial charge in [-0.2, -0.15) is 0 Å². The normalized spacial score (nSPS) is 11.9. The first-order chi connectivity index (χ1) is 9.06. The number of unbranched alkanes of at least 4 members (excludes halogenated alkanes) is 2. The fourth-order valence-electron chi connectivity index (χ4n) is 1.64. The lowest BCUT2D eigenvalue weighted by molar-refractivity contribution is -0.139. The van der Waals surface area contributed by atoms with E-state index in [9.17, 15) is 9.59 Å². The molecule has 2 amide bonds. The van der Waals surface area contributed by atoms with E-state index in [1.165, 1.54) is 0 Å². The van der Waals surface area contributed by atoms with Crippen LogP contribution in [-0.2, 0) is 4.79 Å². The van der Waals surface area contributed by atoms with Crippen LogP contribution in [0.15, 0.2) is 0 Å². The topological polar surface area (TPSA) is 89.9 Å². The Morgan fingerprint density at radius 3 is 2.05 bits per heavy atom. The van der Waals surface area contributed by atoms with Crippen LogP contribution in [0.3, 0.4) is 0 Å². The van der Waals surface area contributed by atoms with Crippen LogP contribution in [0.1, 0.15) is 46.0 Å². The molecule has 112 valence electrons. The first kappa shape index (κ1) is 17.7. The molecular weight excluding hydrogens is 248 g/mol. The van der Waals surface area contributed by atoms with E-state index in [2.05, 4.69) is 5.32 Å². The molecule has 0 aromatic rings. The second-order valence-corrected chi connectivity index (χ2v) is 4.55. The van der Waals surface area contributed by atoms with Gasteiger partial charge in [-0.15, -0.1) is 0 Å². The quantitative estimate of drug-likeness (QED) is 0.562. The van der Waals surface area contributed by atoms with Crippen LogP contribution in [-0.4, -0.2) is 52.9 Å². The maximum atomic E-state index is 12.0. The second-order valence-electron chi connectivity index (χ2n) is 4.55. The molecule has 0 aliphatic carbocycles. The van der Waals surface area contributed by atoms with E-state index in [0.29, 0.717) is 13.1 Å². The van der Waals surface area contributed by atoms with Gasteiger partial charge in [0.15, 0.2) is 0 Å². The molecule has 0 rings (SSSR count). The number of aliphatic carboxylic acids is 1. The highest BCUT2D eigenvalue weighted by molar-refractivity contribution is 5.82. The van der Waals surface area contributed by atoms with Crippen molar-refractivity contribution in [3.63, 3.8) is 0 Å². The molecule has 0 aromatic heterocycles. The van der Waals surface area contributed by atoms with Crippen molar-refractivity contribution in [3.05, 3.63) is 0 Å². The average Bonchev–Trinajstić information content (AvgIpc) is 2.38. The molecule has 0 saturated carbocycles. The molecule has 1 atom stereocenters. The molecule has 6 heteroatoms. The Bertz CT molecular complexity index is 263. The molecule has 3 N–H and O–H groups in total. The first-order valence-electron chi connectivity index (χ1n) is 6.95. The van der Waals surface area contributed by atoms with Crippen molar-refractivity contribution in [2.75, 3.05) is 19.7 Å². The number of carboxylic acid groups (broad SMARTS) is 1.